The summed E-state index contributed by atoms with van der Waals surface area (Å²) in [6.07, 6.45) is 12.6. The first-order valence-electron chi connectivity index (χ1n) is 10.1. The zero-order chi connectivity index (χ0) is 20.0. The van der Waals surface area contributed by atoms with Crippen molar-refractivity contribution in [1.29, 1.82) is 0 Å². The van der Waals surface area contributed by atoms with Crippen molar-refractivity contribution in [2.45, 2.75) is 38.5 Å². The van der Waals surface area contributed by atoms with Crippen molar-refractivity contribution in [3.63, 3.8) is 0 Å². The standard InChI is InChI=1S/C23H23N3O3/c1-14-18-4-2-3-5-19(18)29-22(14)17-12-26(13-17)21(28)9-6-15-10-16-7-8-20(27)25-23(16)24-11-15/h2,4,6,9-11,17H,3,5,7-8,12-13H2,1H3,(H,24,25,27)/b9-6+. The van der Waals surface area contributed by atoms with Crippen molar-refractivity contribution < 1.29 is 14.0 Å². The van der Waals surface area contributed by atoms with Gasteiger partial charge in [0.05, 0.1) is 5.92 Å². The van der Waals surface area contributed by atoms with Crippen molar-refractivity contribution in [1.82, 2.24) is 9.88 Å². The van der Waals surface area contributed by atoms with Gasteiger partial charge in [-0.1, -0.05) is 12.2 Å². The van der Waals surface area contributed by atoms with Gasteiger partial charge < -0.3 is 14.6 Å². The number of furan rings is 1. The van der Waals surface area contributed by atoms with Crippen LogP contribution < -0.4 is 5.32 Å². The third-order valence-electron chi connectivity index (χ3n) is 5.98. The number of fused-ring (bicyclic) bond motifs is 2. The number of hydrogen-bond donors (Lipinski definition) is 1. The van der Waals surface area contributed by atoms with Crippen LogP contribution in [0, 0.1) is 6.92 Å². The SMILES string of the molecule is Cc1c(C2CN(C(=O)/C=C/c3cnc4c(c3)CCC(=O)N4)C2)oc2c1C=CCC2. The van der Waals surface area contributed by atoms with Crippen LogP contribution in [0.1, 0.15) is 52.5 Å². The molecule has 0 atom stereocenters. The molecule has 2 aliphatic heterocycles. The molecule has 2 amide bonds. The van der Waals surface area contributed by atoms with E-state index >= 15 is 0 Å². The highest BCUT2D eigenvalue weighted by Crippen LogP contribution is 2.36. The molecule has 2 aromatic heterocycles. The van der Waals surface area contributed by atoms with Gasteiger partial charge >= 0.3 is 0 Å². The lowest BCUT2D eigenvalue weighted by molar-refractivity contribution is -0.130. The van der Waals surface area contributed by atoms with Gasteiger partial charge in [-0.25, -0.2) is 4.98 Å². The molecule has 0 aromatic carbocycles. The van der Waals surface area contributed by atoms with Gasteiger partial charge in [0.1, 0.15) is 17.3 Å². The van der Waals surface area contributed by atoms with Crippen LogP contribution in [0.2, 0.25) is 0 Å². The fourth-order valence-electron chi connectivity index (χ4n) is 4.28. The highest BCUT2D eigenvalue weighted by molar-refractivity contribution is 5.94. The zero-order valence-corrected chi connectivity index (χ0v) is 16.4. The monoisotopic (exact) mass is 389 g/mol. The molecular weight excluding hydrogens is 366 g/mol. The van der Waals surface area contributed by atoms with E-state index in [0.717, 1.165) is 35.5 Å². The molecule has 5 rings (SSSR count). The lowest BCUT2D eigenvalue weighted by Gasteiger charge is -2.37. The molecule has 0 unspecified atom stereocenters. The Balaban J connectivity index is 1.22. The summed E-state index contributed by atoms with van der Waals surface area (Å²) in [6.45, 7) is 3.49. The largest absolute Gasteiger partial charge is 0.465 e. The number of aryl methyl sites for hydroxylation is 2. The minimum Gasteiger partial charge on any atom is -0.465 e. The molecule has 0 bridgehead atoms. The lowest BCUT2D eigenvalue weighted by atomic mass is 9.92. The molecular formula is C23H23N3O3. The first-order valence-corrected chi connectivity index (χ1v) is 10.1. The maximum absolute atomic E-state index is 12.5. The van der Waals surface area contributed by atoms with E-state index in [0.29, 0.717) is 31.7 Å². The quantitative estimate of drug-likeness (QED) is 0.816. The minimum absolute atomic E-state index is 0.000486. The van der Waals surface area contributed by atoms with Gasteiger partial charge in [0.2, 0.25) is 11.8 Å². The van der Waals surface area contributed by atoms with Crippen LogP contribution in [-0.2, 0) is 22.4 Å². The molecule has 1 aliphatic carbocycles. The second-order valence-corrected chi connectivity index (χ2v) is 7.97. The fraction of sp³-hybridized carbons (Fsp3) is 0.348. The number of carbonyl (C=O) groups excluding carboxylic acids is 2. The molecule has 1 N–H and O–H groups in total. The summed E-state index contributed by atoms with van der Waals surface area (Å²) in [5.74, 6) is 3.03. The Morgan fingerprint density at radius 1 is 1.31 bits per heavy atom. The second-order valence-electron chi connectivity index (χ2n) is 7.97. The molecule has 0 saturated carbocycles. The van der Waals surface area contributed by atoms with E-state index in [1.54, 1.807) is 18.3 Å². The smallest absolute Gasteiger partial charge is 0.246 e. The molecule has 148 valence electrons. The fourth-order valence-corrected chi connectivity index (χ4v) is 4.28. The Hall–Kier alpha value is -3.15. The molecule has 1 fully saturated rings. The number of aromatic nitrogens is 1. The van der Waals surface area contributed by atoms with E-state index in [1.165, 1.54) is 11.1 Å². The lowest BCUT2D eigenvalue weighted by Crippen LogP contribution is -2.47. The summed E-state index contributed by atoms with van der Waals surface area (Å²) >= 11 is 0. The Morgan fingerprint density at radius 2 is 2.17 bits per heavy atom. The van der Waals surface area contributed by atoms with E-state index in [9.17, 15) is 9.59 Å². The summed E-state index contributed by atoms with van der Waals surface area (Å²) in [7, 11) is 0. The molecule has 4 heterocycles. The first kappa shape index (κ1) is 17.9. The molecule has 3 aliphatic rings. The maximum Gasteiger partial charge on any atom is 0.246 e. The predicted octanol–water partition coefficient (Wildman–Crippen LogP) is 3.47. The van der Waals surface area contributed by atoms with E-state index < -0.39 is 0 Å². The van der Waals surface area contributed by atoms with Crippen LogP contribution in [-0.4, -0.2) is 34.8 Å². The summed E-state index contributed by atoms with van der Waals surface area (Å²) in [5, 5.41) is 2.77. The van der Waals surface area contributed by atoms with Gasteiger partial charge in [-0.05, 0) is 48.6 Å². The average Bonchev–Trinajstić information content (AvgIpc) is 3.02. The van der Waals surface area contributed by atoms with Crippen LogP contribution in [0.5, 0.6) is 0 Å². The van der Waals surface area contributed by atoms with Crippen LogP contribution in [0.3, 0.4) is 0 Å². The van der Waals surface area contributed by atoms with Crippen LogP contribution in [0.25, 0.3) is 12.2 Å². The number of nitrogens with zero attached hydrogens (tertiary/aromatic N) is 2. The predicted molar refractivity (Wildman–Crippen MR) is 110 cm³/mol. The van der Waals surface area contributed by atoms with Gasteiger partial charge in [0.15, 0.2) is 0 Å². The van der Waals surface area contributed by atoms with Gasteiger partial charge in [-0.2, -0.15) is 0 Å². The Kier molecular flexibility index (Phi) is 4.34. The van der Waals surface area contributed by atoms with Crippen molar-refractivity contribution in [3.05, 3.63) is 58.2 Å². The molecule has 6 heteroatoms. The van der Waals surface area contributed by atoms with Crippen LogP contribution >= 0.6 is 0 Å². The highest BCUT2D eigenvalue weighted by atomic mass is 16.3. The summed E-state index contributed by atoms with van der Waals surface area (Å²) in [5.41, 5.74) is 4.32. The molecule has 6 nitrogen and oxygen atoms in total. The van der Waals surface area contributed by atoms with Gasteiger partial charge in [0, 0.05) is 43.8 Å². The van der Waals surface area contributed by atoms with Crippen molar-refractivity contribution >= 4 is 29.8 Å². The van der Waals surface area contributed by atoms with Gasteiger partial charge in [-0.3, -0.25) is 9.59 Å². The van der Waals surface area contributed by atoms with Crippen molar-refractivity contribution in [3.8, 4) is 0 Å². The van der Waals surface area contributed by atoms with E-state index in [4.69, 9.17) is 4.42 Å². The number of anilines is 1. The number of rotatable bonds is 3. The molecule has 29 heavy (non-hydrogen) atoms. The molecule has 1 saturated heterocycles. The van der Waals surface area contributed by atoms with Gasteiger partial charge in [0.25, 0.3) is 0 Å². The molecule has 0 radical (unpaired) electrons. The number of pyridine rings is 1. The number of hydrogen-bond acceptors (Lipinski definition) is 4. The summed E-state index contributed by atoms with van der Waals surface area (Å²) < 4.78 is 6.11. The minimum atomic E-state index is -0.000486. The molecule has 0 spiro atoms. The third-order valence-corrected chi connectivity index (χ3v) is 5.98. The Morgan fingerprint density at radius 3 is 3.00 bits per heavy atom. The topological polar surface area (TPSA) is 75.4 Å². The average molecular weight is 389 g/mol. The number of amides is 2. The summed E-state index contributed by atoms with van der Waals surface area (Å²) in [4.78, 5) is 30.1. The number of allylic oxidation sites excluding steroid dienone is 1. The number of likely N-dealkylation sites (tertiary alicyclic amines) is 1. The maximum atomic E-state index is 12.5. The zero-order valence-electron chi connectivity index (χ0n) is 16.4. The van der Waals surface area contributed by atoms with E-state index in [1.807, 2.05) is 11.0 Å². The van der Waals surface area contributed by atoms with E-state index in [2.05, 4.69) is 29.4 Å². The van der Waals surface area contributed by atoms with Crippen LogP contribution in [0.4, 0.5) is 5.82 Å². The first-order chi connectivity index (χ1) is 14.1. The summed E-state index contributed by atoms with van der Waals surface area (Å²) in [6, 6.07) is 1.98. The van der Waals surface area contributed by atoms with Crippen molar-refractivity contribution in [2.75, 3.05) is 18.4 Å². The third kappa shape index (κ3) is 3.28. The van der Waals surface area contributed by atoms with Crippen LogP contribution in [0.15, 0.2) is 28.8 Å². The highest BCUT2D eigenvalue weighted by Gasteiger charge is 2.35. The molecule has 2 aromatic rings. The van der Waals surface area contributed by atoms with Gasteiger partial charge in [-0.15, -0.1) is 0 Å². The second kappa shape index (κ2) is 7.03. The van der Waals surface area contributed by atoms with Crippen molar-refractivity contribution in [2.24, 2.45) is 0 Å². The number of carbonyl (C=O) groups is 2. The van der Waals surface area contributed by atoms with E-state index in [-0.39, 0.29) is 17.7 Å². The Labute approximate surface area is 169 Å². The number of nitrogens with one attached hydrogen (secondary N) is 1. The normalized spacial score (nSPS) is 18.4. The Bertz CT molecular complexity index is 1060.